The highest BCUT2D eigenvalue weighted by molar-refractivity contribution is 5.95. The quantitative estimate of drug-likeness (QED) is 0.0896. The van der Waals surface area contributed by atoms with Crippen LogP contribution in [0.4, 0.5) is 0 Å². The number of hydrogen-bond acceptors (Lipinski definition) is 8. The number of amides is 5. The fourth-order valence-corrected chi connectivity index (χ4v) is 4.60. The topological polar surface area (TPSA) is 273 Å². The first kappa shape index (κ1) is 34.1. The van der Waals surface area contributed by atoms with Crippen molar-refractivity contribution in [2.45, 2.75) is 62.7 Å². The Morgan fingerprint density at radius 2 is 1.29 bits per heavy atom. The van der Waals surface area contributed by atoms with Gasteiger partial charge in [-0.15, -0.1) is 0 Å². The Morgan fingerprint density at radius 1 is 0.733 bits per heavy atom. The number of carbonyl (C=O) groups is 6. The van der Waals surface area contributed by atoms with Crippen LogP contribution in [-0.4, -0.2) is 74.9 Å². The molecule has 1 aromatic heterocycles. The smallest absolute Gasteiger partial charge is 0.326 e. The predicted octanol–water partition coefficient (Wildman–Crippen LogP) is -0.944. The van der Waals surface area contributed by atoms with Crippen LogP contribution in [0.3, 0.4) is 0 Å². The van der Waals surface area contributed by atoms with Crippen LogP contribution in [0.1, 0.15) is 36.8 Å². The number of rotatable bonds is 17. The molecule has 240 valence electrons. The minimum absolute atomic E-state index is 0.0166. The molecule has 4 unspecified atom stereocenters. The lowest BCUT2D eigenvalue weighted by Gasteiger charge is -2.25. The number of carboxylic acid groups (broad SMARTS) is 1. The molecule has 45 heavy (non-hydrogen) atoms. The molecule has 5 amide bonds. The van der Waals surface area contributed by atoms with Crippen molar-refractivity contribution in [2.75, 3.05) is 0 Å². The van der Waals surface area contributed by atoms with Gasteiger partial charge in [-0.3, -0.25) is 24.0 Å². The van der Waals surface area contributed by atoms with Crippen LogP contribution >= 0.6 is 0 Å². The minimum atomic E-state index is -1.47. The first-order valence-electron chi connectivity index (χ1n) is 14.1. The number of carbonyl (C=O) groups excluding carboxylic acids is 5. The number of aromatic amines is 1. The van der Waals surface area contributed by atoms with Gasteiger partial charge in [0.05, 0.1) is 6.04 Å². The third-order valence-electron chi connectivity index (χ3n) is 7.07. The van der Waals surface area contributed by atoms with Crippen LogP contribution < -0.4 is 33.2 Å². The van der Waals surface area contributed by atoms with E-state index in [1.807, 2.05) is 18.2 Å². The van der Waals surface area contributed by atoms with E-state index in [0.717, 1.165) is 10.9 Å². The zero-order valence-corrected chi connectivity index (χ0v) is 24.3. The maximum atomic E-state index is 13.7. The Bertz CT molecular complexity index is 1540. The summed E-state index contributed by atoms with van der Waals surface area (Å²) in [5, 5.41) is 27.6. The summed E-state index contributed by atoms with van der Waals surface area (Å²) in [4.78, 5) is 77.5. The van der Waals surface area contributed by atoms with Crippen molar-refractivity contribution in [3.63, 3.8) is 0 Å². The van der Waals surface area contributed by atoms with Crippen molar-refractivity contribution < 1.29 is 39.0 Å². The van der Waals surface area contributed by atoms with Crippen LogP contribution in [0.2, 0.25) is 0 Å². The van der Waals surface area contributed by atoms with Gasteiger partial charge in [-0.25, -0.2) is 4.79 Å². The van der Waals surface area contributed by atoms with E-state index < -0.39 is 59.7 Å². The zero-order valence-electron chi connectivity index (χ0n) is 24.3. The lowest BCUT2D eigenvalue weighted by atomic mass is 10.0. The lowest BCUT2D eigenvalue weighted by Crippen LogP contribution is -2.58. The molecule has 0 radical (unpaired) electrons. The van der Waals surface area contributed by atoms with Gasteiger partial charge in [-0.1, -0.05) is 30.3 Å². The number of hydrogen-bond donors (Lipinski definition) is 9. The number of nitrogens with one attached hydrogen (secondary N) is 4. The molecule has 3 aromatic rings. The van der Waals surface area contributed by atoms with Crippen LogP contribution in [0.5, 0.6) is 5.75 Å². The number of aromatic nitrogens is 1. The number of para-hydroxylation sites is 1. The number of carboxylic acids is 1. The fourth-order valence-electron chi connectivity index (χ4n) is 4.60. The molecule has 0 aliphatic rings. The average molecular weight is 624 g/mol. The molecule has 12 N–H and O–H groups in total. The second kappa shape index (κ2) is 15.9. The van der Waals surface area contributed by atoms with Crippen molar-refractivity contribution in [1.29, 1.82) is 0 Å². The molecule has 2 aromatic carbocycles. The summed E-state index contributed by atoms with van der Waals surface area (Å²) >= 11 is 0. The summed E-state index contributed by atoms with van der Waals surface area (Å²) in [6.45, 7) is 0. The molecule has 1 heterocycles. The number of benzene rings is 2. The van der Waals surface area contributed by atoms with E-state index in [0.29, 0.717) is 11.1 Å². The number of primary amides is 2. The highest BCUT2D eigenvalue weighted by Gasteiger charge is 2.31. The van der Waals surface area contributed by atoms with Crippen LogP contribution in [0, 0.1) is 0 Å². The van der Waals surface area contributed by atoms with Gasteiger partial charge in [-0.05, 0) is 42.2 Å². The molecule has 0 bridgehead atoms. The molecule has 4 atom stereocenters. The Kier molecular flexibility index (Phi) is 12.0. The molecule has 15 heteroatoms. The first-order valence-corrected chi connectivity index (χ1v) is 14.1. The number of fused-ring (bicyclic) bond motifs is 1. The van der Waals surface area contributed by atoms with Crippen molar-refractivity contribution in [2.24, 2.45) is 17.2 Å². The van der Waals surface area contributed by atoms with E-state index in [2.05, 4.69) is 20.9 Å². The van der Waals surface area contributed by atoms with E-state index in [1.165, 1.54) is 12.1 Å². The zero-order chi connectivity index (χ0) is 33.1. The summed E-state index contributed by atoms with van der Waals surface area (Å²) in [6.07, 6.45) is 0.728. The molecule has 15 nitrogen and oxygen atoms in total. The highest BCUT2D eigenvalue weighted by Crippen LogP contribution is 2.20. The second-order valence-electron chi connectivity index (χ2n) is 10.6. The van der Waals surface area contributed by atoms with Crippen molar-refractivity contribution >= 4 is 46.4 Å². The SMILES string of the molecule is NC(=O)CCC(N)C(=O)NC(Cc1ccc(O)cc1)C(=O)NC(Cc1c[nH]c2ccccc12)C(=O)NC(CCC(N)=O)C(=O)O. The molecule has 0 aliphatic carbocycles. The van der Waals surface area contributed by atoms with Gasteiger partial charge in [0.2, 0.25) is 29.5 Å². The van der Waals surface area contributed by atoms with Gasteiger partial charge in [-0.2, -0.15) is 0 Å². The minimum Gasteiger partial charge on any atom is -0.508 e. The lowest BCUT2D eigenvalue weighted by molar-refractivity contribution is -0.142. The fraction of sp³-hybridized carbons (Fsp3) is 0.333. The molecule has 0 aliphatic heterocycles. The van der Waals surface area contributed by atoms with Gasteiger partial charge in [0.1, 0.15) is 23.9 Å². The first-order chi connectivity index (χ1) is 21.3. The van der Waals surface area contributed by atoms with E-state index in [1.54, 1.807) is 24.4 Å². The average Bonchev–Trinajstić information content (AvgIpc) is 3.40. The van der Waals surface area contributed by atoms with Crippen molar-refractivity contribution in [3.05, 3.63) is 65.9 Å². The molecular weight excluding hydrogens is 586 g/mol. The third-order valence-corrected chi connectivity index (χ3v) is 7.07. The Morgan fingerprint density at radius 3 is 1.91 bits per heavy atom. The molecule has 0 spiro atoms. The monoisotopic (exact) mass is 623 g/mol. The van der Waals surface area contributed by atoms with Crippen LogP contribution in [0.25, 0.3) is 10.9 Å². The summed E-state index contributed by atoms with van der Waals surface area (Å²) in [7, 11) is 0. The van der Waals surface area contributed by atoms with Gasteiger partial charge < -0.3 is 48.3 Å². The predicted molar refractivity (Wildman–Crippen MR) is 162 cm³/mol. The number of H-pyrrole nitrogens is 1. The highest BCUT2D eigenvalue weighted by atomic mass is 16.4. The van der Waals surface area contributed by atoms with Gasteiger partial charge in [0, 0.05) is 42.8 Å². The summed E-state index contributed by atoms with van der Waals surface area (Å²) in [5.74, 6) is -5.20. The van der Waals surface area contributed by atoms with E-state index in [9.17, 15) is 39.0 Å². The van der Waals surface area contributed by atoms with Gasteiger partial charge in [0.15, 0.2) is 0 Å². The number of phenols is 1. The van der Waals surface area contributed by atoms with Gasteiger partial charge in [0.25, 0.3) is 0 Å². The molecular formula is C30H37N7O8. The largest absolute Gasteiger partial charge is 0.508 e. The standard InChI is InChI=1S/C30H37N7O8/c31-20(9-11-25(32)39)27(41)36-23(13-16-5-7-18(38)8-6-16)28(42)37-24(14-17-15-34-21-4-2-1-3-19(17)21)29(43)35-22(30(44)45)10-12-26(33)40/h1-8,15,20,22-24,34,38H,9-14,31H2,(H2,32,39)(H2,33,40)(H,35,43)(H,36,41)(H,37,42)(H,44,45). The Hall–Kier alpha value is -5.44. The summed E-state index contributed by atoms with van der Waals surface area (Å²) in [5.41, 5.74) is 18.2. The van der Waals surface area contributed by atoms with E-state index in [4.69, 9.17) is 17.2 Å². The van der Waals surface area contributed by atoms with E-state index >= 15 is 0 Å². The normalized spacial score (nSPS) is 13.6. The second-order valence-corrected chi connectivity index (χ2v) is 10.6. The summed E-state index contributed by atoms with van der Waals surface area (Å²) < 4.78 is 0. The molecule has 0 fully saturated rings. The Labute approximate surface area is 257 Å². The number of phenolic OH excluding ortho intramolecular Hbond substituents is 1. The van der Waals surface area contributed by atoms with E-state index in [-0.39, 0.29) is 44.3 Å². The molecule has 0 saturated heterocycles. The maximum Gasteiger partial charge on any atom is 0.326 e. The number of aromatic hydroxyl groups is 1. The number of nitrogens with two attached hydrogens (primary N) is 3. The summed E-state index contributed by atoms with van der Waals surface area (Å²) in [6, 6.07) is 7.89. The van der Waals surface area contributed by atoms with Gasteiger partial charge >= 0.3 is 5.97 Å². The van der Waals surface area contributed by atoms with Crippen molar-refractivity contribution in [1.82, 2.24) is 20.9 Å². The molecule has 3 rings (SSSR count). The maximum absolute atomic E-state index is 13.7. The molecule has 0 saturated carbocycles. The third kappa shape index (κ3) is 10.4. The Balaban J connectivity index is 1.90. The van der Waals surface area contributed by atoms with Crippen molar-refractivity contribution in [3.8, 4) is 5.75 Å². The van der Waals surface area contributed by atoms with Crippen LogP contribution in [0.15, 0.2) is 54.7 Å². The number of aliphatic carboxylic acids is 1. The van der Waals surface area contributed by atoms with Crippen LogP contribution in [-0.2, 0) is 41.6 Å².